The summed E-state index contributed by atoms with van der Waals surface area (Å²) in [4.78, 5) is 16.3. The van der Waals surface area contributed by atoms with Crippen molar-refractivity contribution in [1.82, 2.24) is 4.98 Å². The van der Waals surface area contributed by atoms with Crippen molar-refractivity contribution in [3.05, 3.63) is 63.6 Å². The lowest BCUT2D eigenvalue weighted by molar-refractivity contribution is -0.134. The number of halogens is 2. The fraction of sp³-hybridized carbons (Fsp3) is 0.105. The molecule has 0 amide bonds. The van der Waals surface area contributed by atoms with Gasteiger partial charge < -0.3 is 9.84 Å². The van der Waals surface area contributed by atoms with Gasteiger partial charge in [0.1, 0.15) is 0 Å². The highest BCUT2D eigenvalue weighted by atomic mass is 35.5. The Kier molecular flexibility index (Phi) is 7.34. The van der Waals surface area contributed by atoms with Gasteiger partial charge in [-0.2, -0.15) is 10.1 Å². The number of nitrogens with zero attached hydrogens (tertiary/aromatic N) is 4. The van der Waals surface area contributed by atoms with Crippen molar-refractivity contribution in [2.45, 2.75) is 6.92 Å². The van der Waals surface area contributed by atoms with Gasteiger partial charge in [0.2, 0.25) is 10.7 Å². The van der Waals surface area contributed by atoms with Gasteiger partial charge in [0, 0.05) is 10.0 Å². The molecule has 154 valence electrons. The van der Waals surface area contributed by atoms with Crippen LogP contribution in [-0.2, 0) is 9.53 Å². The normalized spacial score (nSPS) is 11.6. The predicted molar refractivity (Wildman–Crippen MR) is 118 cm³/mol. The number of carbonyl (C=O) groups is 1. The molecule has 0 saturated carbocycles. The van der Waals surface area contributed by atoms with Crippen LogP contribution in [0, 0.1) is 0 Å². The summed E-state index contributed by atoms with van der Waals surface area (Å²) in [6.07, 6.45) is 0. The zero-order valence-electron chi connectivity index (χ0n) is 15.5. The van der Waals surface area contributed by atoms with Crippen LogP contribution in [0.15, 0.2) is 63.9 Å². The Bertz CT molecular complexity index is 1080. The molecule has 30 heavy (non-hydrogen) atoms. The molecular formula is C19H15Cl2N5O3S. The summed E-state index contributed by atoms with van der Waals surface area (Å²) in [5.74, 6) is -1.08. The number of ether oxygens (including phenoxy) is 1. The first-order valence-electron chi connectivity index (χ1n) is 8.60. The SMILES string of the molecule is CCOC(=O)C(=NNc1ccc(Cl)cc1)c1nc(O)c(N=Nc2ccc(Cl)cc2)s1. The topological polar surface area (TPSA) is 109 Å². The first-order valence-corrected chi connectivity index (χ1v) is 10.2. The molecule has 0 fully saturated rings. The number of anilines is 1. The number of carbonyl (C=O) groups excluding carboxylic acids is 1. The van der Waals surface area contributed by atoms with E-state index in [0.29, 0.717) is 21.4 Å². The number of thiazole rings is 1. The smallest absolute Gasteiger partial charge is 0.361 e. The minimum Gasteiger partial charge on any atom is -0.491 e. The zero-order valence-corrected chi connectivity index (χ0v) is 17.9. The molecule has 3 aromatic rings. The molecule has 0 atom stereocenters. The van der Waals surface area contributed by atoms with Crippen LogP contribution in [0.3, 0.4) is 0 Å². The Morgan fingerprint density at radius 3 is 2.37 bits per heavy atom. The van der Waals surface area contributed by atoms with Crippen molar-refractivity contribution < 1.29 is 14.6 Å². The Balaban J connectivity index is 1.87. The lowest BCUT2D eigenvalue weighted by Gasteiger charge is -2.05. The fourth-order valence-corrected chi connectivity index (χ4v) is 3.12. The third-order valence-corrected chi connectivity index (χ3v) is 4.93. The third kappa shape index (κ3) is 5.76. The van der Waals surface area contributed by atoms with Gasteiger partial charge in [0.05, 0.1) is 18.0 Å². The van der Waals surface area contributed by atoms with E-state index in [1.54, 1.807) is 55.5 Å². The molecule has 2 N–H and O–H groups in total. The van der Waals surface area contributed by atoms with Gasteiger partial charge in [-0.1, -0.05) is 34.5 Å². The van der Waals surface area contributed by atoms with E-state index in [1.165, 1.54) is 0 Å². The van der Waals surface area contributed by atoms with E-state index < -0.39 is 5.97 Å². The molecule has 0 aliphatic carbocycles. The second-order valence-corrected chi connectivity index (χ2v) is 7.47. The van der Waals surface area contributed by atoms with Crippen molar-refractivity contribution in [2.75, 3.05) is 12.0 Å². The lowest BCUT2D eigenvalue weighted by Crippen LogP contribution is -2.20. The fourth-order valence-electron chi connectivity index (χ4n) is 2.11. The number of azo groups is 1. The van der Waals surface area contributed by atoms with Crippen LogP contribution in [0.5, 0.6) is 5.88 Å². The van der Waals surface area contributed by atoms with E-state index in [0.717, 1.165) is 11.3 Å². The molecule has 2 aromatic carbocycles. The van der Waals surface area contributed by atoms with Gasteiger partial charge in [-0.25, -0.2) is 4.79 Å². The van der Waals surface area contributed by atoms with Crippen LogP contribution in [0.2, 0.25) is 10.0 Å². The Morgan fingerprint density at radius 1 is 1.10 bits per heavy atom. The van der Waals surface area contributed by atoms with Crippen LogP contribution in [0.1, 0.15) is 11.9 Å². The summed E-state index contributed by atoms with van der Waals surface area (Å²) >= 11 is 12.6. The van der Waals surface area contributed by atoms with E-state index in [-0.39, 0.29) is 28.2 Å². The number of hydrogen-bond donors (Lipinski definition) is 2. The van der Waals surface area contributed by atoms with Crippen molar-refractivity contribution >= 4 is 62.6 Å². The third-order valence-electron chi connectivity index (χ3n) is 3.49. The minimum absolute atomic E-state index is 0.111. The molecule has 0 radical (unpaired) electrons. The van der Waals surface area contributed by atoms with Crippen LogP contribution in [-0.4, -0.2) is 28.4 Å². The molecule has 3 rings (SSSR count). The number of nitrogens with one attached hydrogen (secondary N) is 1. The van der Waals surface area contributed by atoms with Crippen molar-refractivity contribution in [3.8, 4) is 5.88 Å². The molecule has 0 saturated heterocycles. The molecule has 0 bridgehead atoms. The molecule has 1 heterocycles. The number of rotatable bonds is 7. The number of benzene rings is 2. The molecule has 0 unspecified atom stereocenters. The largest absolute Gasteiger partial charge is 0.491 e. The highest BCUT2D eigenvalue weighted by Gasteiger charge is 2.22. The Labute approximate surface area is 185 Å². The van der Waals surface area contributed by atoms with Gasteiger partial charge in [0.15, 0.2) is 5.01 Å². The van der Waals surface area contributed by atoms with E-state index in [4.69, 9.17) is 27.9 Å². The van der Waals surface area contributed by atoms with Crippen LogP contribution >= 0.6 is 34.5 Å². The van der Waals surface area contributed by atoms with Crippen LogP contribution < -0.4 is 5.43 Å². The maximum atomic E-state index is 12.4. The Hall–Kier alpha value is -3.01. The highest BCUT2D eigenvalue weighted by molar-refractivity contribution is 7.18. The summed E-state index contributed by atoms with van der Waals surface area (Å²) < 4.78 is 5.04. The first-order chi connectivity index (χ1) is 14.5. The van der Waals surface area contributed by atoms with Crippen molar-refractivity contribution in [1.29, 1.82) is 0 Å². The second kappa shape index (κ2) is 10.1. The summed E-state index contributed by atoms with van der Waals surface area (Å²) in [5.41, 5.74) is 3.78. The molecule has 0 aliphatic heterocycles. The number of aromatic nitrogens is 1. The van der Waals surface area contributed by atoms with Gasteiger partial charge >= 0.3 is 5.97 Å². The average molecular weight is 464 g/mol. The standard InChI is InChI=1S/C19H15Cl2N5O3S/c1-2-29-19(28)15(25-23-13-7-3-11(20)4-8-13)17-22-16(27)18(30-17)26-24-14-9-5-12(21)6-10-14/h3-10,23,27H,2H2,1H3. The highest BCUT2D eigenvalue weighted by Crippen LogP contribution is 2.35. The average Bonchev–Trinajstić information content (AvgIpc) is 3.09. The summed E-state index contributed by atoms with van der Waals surface area (Å²) in [6.45, 7) is 1.83. The number of hydrazone groups is 1. The van der Waals surface area contributed by atoms with Crippen LogP contribution in [0.4, 0.5) is 16.4 Å². The van der Waals surface area contributed by atoms with Crippen LogP contribution in [0.25, 0.3) is 0 Å². The molecule has 1 aromatic heterocycles. The quantitative estimate of drug-likeness (QED) is 0.194. The molecule has 8 nitrogen and oxygen atoms in total. The lowest BCUT2D eigenvalue weighted by atomic mass is 10.3. The van der Waals surface area contributed by atoms with E-state index in [9.17, 15) is 9.90 Å². The van der Waals surface area contributed by atoms with Gasteiger partial charge in [0.25, 0.3) is 5.88 Å². The minimum atomic E-state index is -0.700. The van der Waals surface area contributed by atoms with E-state index >= 15 is 0 Å². The summed E-state index contributed by atoms with van der Waals surface area (Å²) in [7, 11) is 0. The zero-order chi connectivity index (χ0) is 21.5. The maximum Gasteiger partial charge on any atom is 0.361 e. The van der Waals surface area contributed by atoms with E-state index in [1.807, 2.05) is 0 Å². The Morgan fingerprint density at radius 2 is 1.73 bits per heavy atom. The number of esters is 1. The number of hydrogen-bond acceptors (Lipinski definition) is 9. The predicted octanol–water partition coefficient (Wildman–Crippen LogP) is 5.95. The van der Waals surface area contributed by atoms with Gasteiger partial charge in [-0.3, -0.25) is 5.43 Å². The number of aromatic hydroxyl groups is 1. The monoisotopic (exact) mass is 463 g/mol. The molecule has 11 heteroatoms. The van der Waals surface area contributed by atoms with Crippen molar-refractivity contribution in [2.24, 2.45) is 15.3 Å². The molecule has 0 spiro atoms. The van der Waals surface area contributed by atoms with Gasteiger partial charge in [-0.05, 0) is 55.5 Å². The molecule has 0 aliphatic rings. The van der Waals surface area contributed by atoms with Crippen molar-refractivity contribution in [3.63, 3.8) is 0 Å². The van der Waals surface area contributed by atoms with E-state index in [2.05, 4.69) is 25.7 Å². The summed E-state index contributed by atoms with van der Waals surface area (Å²) in [5, 5.41) is 23.6. The summed E-state index contributed by atoms with van der Waals surface area (Å²) in [6, 6.07) is 13.4. The second-order valence-electron chi connectivity index (χ2n) is 5.62. The first kappa shape index (κ1) is 21.7. The maximum absolute atomic E-state index is 12.4. The molecular weight excluding hydrogens is 449 g/mol. The van der Waals surface area contributed by atoms with Gasteiger partial charge in [-0.15, -0.1) is 10.2 Å².